The number of carbonyl (C=O) groups is 2. The number of hydrogen-bond acceptors (Lipinski definition) is 3. The third-order valence-corrected chi connectivity index (χ3v) is 10.7. The van der Waals surface area contributed by atoms with E-state index in [1.165, 1.54) is 38.5 Å². The molecule has 1 heterocycles. The molecule has 8 bridgehead atoms. The lowest BCUT2D eigenvalue weighted by Crippen LogP contribution is -2.55. The van der Waals surface area contributed by atoms with Gasteiger partial charge in [0, 0.05) is 0 Å². The molecule has 2 N–H and O–H groups in total. The van der Waals surface area contributed by atoms with E-state index in [-0.39, 0.29) is 35.0 Å². The van der Waals surface area contributed by atoms with Gasteiger partial charge in [0.15, 0.2) is 0 Å². The molecule has 30 heavy (non-hydrogen) atoms. The summed E-state index contributed by atoms with van der Waals surface area (Å²) in [7, 11) is 2.04. The molecule has 9 aliphatic rings. The lowest BCUT2D eigenvalue weighted by Gasteiger charge is -2.55. The molecule has 5 nitrogen and oxygen atoms in total. The molecule has 164 valence electrons. The normalized spacial score (nSPS) is 56.8. The van der Waals surface area contributed by atoms with Gasteiger partial charge in [-0.3, -0.25) is 14.5 Å². The van der Waals surface area contributed by atoms with Crippen LogP contribution in [-0.2, 0) is 9.59 Å². The quantitative estimate of drug-likeness (QED) is 0.698. The molecule has 2 amide bonds. The summed E-state index contributed by atoms with van der Waals surface area (Å²) in [5.74, 6) is 5.26. The molecule has 0 aromatic heterocycles. The molecule has 0 radical (unpaired) electrons. The Morgan fingerprint density at radius 2 is 0.867 bits per heavy atom. The van der Waals surface area contributed by atoms with Gasteiger partial charge >= 0.3 is 0 Å². The molecule has 0 aromatic rings. The van der Waals surface area contributed by atoms with E-state index in [1.54, 1.807) is 0 Å². The van der Waals surface area contributed by atoms with Crippen molar-refractivity contribution in [3.05, 3.63) is 0 Å². The first kappa shape index (κ1) is 18.5. The molecule has 0 aromatic carbocycles. The van der Waals surface area contributed by atoms with Crippen molar-refractivity contribution < 1.29 is 9.59 Å². The number of amides is 2. The van der Waals surface area contributed by atoms with Crippen molar-refractivity contribution in [1.82, 2.24) is 15.5 Å². The van der Waals surface area contributed by atoms with Gasteiger partial charge in [0.1, 0.15) is 12.3 Å². The molecule has 2 atom stereocenters. The fourth-order valence-corrected chi connectivity index (χ4v) is 10.1. The second-order valence-corrected chi connectivity index (χ2v) is 12.9. The van der Waals surface area contributed by atoms with Gasteiger partial charge in [-0.1, -0.05) is 0 Å². The molecule has 2 unspecified atom stereocenters. The molecular weight excluding hydrogens is 374 g/mol. The molecule has 1 saturated heterocycles. The number of carbonyl (C=O) groups excluding carboxylic acids is 2. The third-order valence-electron chi connectivity index (χ3n) is 10.7. The smallest absolute Gasteiger partial charge is 0.227 e. The lowest BCUT2D eigenvalue weighted by molar-refractivity contribution is -0.147. The van der Waals surface area contributed by atoms with Crippen molar-refractivity contribution in [2.75, 3.05) is 7.05 Å². The summed E-state index contributed by atoms with van der Waals surface area (Å²) < 4.78 is 0. The van der Waals surface area contributed by atoms with Crippen LogP contribution in [0, 0.1) is 46.3 Å². The highest BCUT2D eigenvalue weighted by molar-refractivity contribution is 5.85. The minimum atomic E-state index is -0.104. The summed E-state index contributed by atoms with van der Waals surface area (Å²) in [4.78, 5) is 28.9. The van der Waals surface area contributed by atoms with Crippen molar-refractivity contribution in [3.63, 3.8) is 0 Å². The zero-order chi connectivity index (χ0) is 20.3. The van der Waals surface area contributed by atoms with Crippen LogP contribution in [0.3, 0.4) is 0 Å². The van der Waals surface area contributed by atoms with Crippen LogP contribution in [0.2, 0.25) is 0 Å². The van der Waals surface area contributed by atoms with E-state index >= 15 is 0 Å². The van der Waals surface area contributed by atoms with Crippen molar-refractivity contribution in [2.24, 2.45) is 46.3 Å². The zero-order valence-electron chi connectivity index (χ0n) is 18.4. The second-order valence-electron chi connectivity index (χ2n) is 12.9. The molecular formula is C25H37N3O2. The molecule has 5 heteroatoms. The molecule has 9 fully saturated rings. The van der Waals surface area contributed by atoms with E-state index in [9.17, 15) is 9.59 Å². The third kappa shape index (κ3) is 2.63. The van der Waals surface area contributed by atoms with Crippen molar-refractivity contribution >= 4 is 11.8 Å². The van der Waals surface area contributed by atoms with Crippen LogP contribution in [-0.4, -0.2) is 36.1 Å². The number of nitrogens with zero attached hydrogens (tertiary/aromatic N) is 1. The predicted molar refractivity (Wildman–Crippen MR) is 113 cm³/mol. The zero-order valence-corrected chi connectivity index (χ0v) is 18.4. The van der Waals surface area contributed by atoms with Gasteiger partial charge in [0.05, 0.1) is 10.8 Å². The van der Waals surface area contributed by atoms with Crippen LogP contribution < -0.4 is 10.6 Å². The summed E-state index contributed by atoms with van der Waals surface area (Å²) in [6, 6.07) is 0. The standard InChI is InChI=1S/C25H37N3O2/c1-28-20(26-22(29)24-8-14-2-15(9-24)4-16(3-14)10-24)21(28)27-23(30)25-11-17-5-18(12-25)7-19(6-17)13-25/h14-21H,2-13H2,1H3,(H,26,29)(H,27,30). The Balaban J connectivity index is 1.01. The largest absolute Gasteiger partial charge is 0.337 e. The van der Waals surface area contributed by atoms with Crippen molar-refractivity contribution in [2.45, 2.75) is 89.4 Å². The van der Waals surface area contributed by atoms with Gasteiger partial charge in [0.2, 0.25) is 11.8 Å². The number of hydrogen-bond donors (Lipinski definition) is 2. The minimum Gasteiger partial charge on any atom is -0.337 e. The summed E-state index contributed by atoms with van der Waals surface area (Å²) in [5, 5.41) is 6.72. The monoisotopic (exact) mass is 411 g/mol. The van der Waals surface area contributed by atoms with Crippen LogP contribution in [0.1, 0.15) is 77.0 Å². The Labute approximate surface area is 180 Å². The maximum absolute atomic E-state index is 13.4. The molecule has 0 spiro atoms. The first-order valence-corrected chi connectivity index (χ1v) is 12.8. The van der Waals surface area contributed by atoms with Crippen LogP contribution >= 0.6 is 0 Å². The highest BCUT2D eigenvalue weighted by Gasteiger charge is 2.59. The van der Waals surface area contributed by atoms with Gasteiger partial charge in [-0.25, -0.2) is 0 Å². The van der Waals surface area contributed by atoms with Gasteiger partial charge in [-0.15, -0.1) is 0 Å². The molecule has 9 rings (SSSR count). The van der Waals surface area contributed by atoms with E-state index in [1.807, 2.05) is 7.05 Å². The first-order valence-electron chi connectivity index (χ1n) is 12.8. The van der Waals surface area contributed by atoms with E-state index in [2.05, 4.69) is 15.5 Å². The van der Waals surface area contributed by atoms with E-state index < -0.39 is 0 Å². The summed E-state index contributed by atoms with van der Waals surface area (Å²) in [6.45, 7) is 0. The molecule has 8 saturated carbocycles. The van der Waals surface area contributed by atoms with Crippen LogP contribution in [0.15, 0.2) is 0 Å². The average Bonchev–Trinajstić information content (AvgIpc) is 3.26. The van der Waals surface area contributed by atoms with Gasteiger partial charge < -0.3 is 10.6 Å². The number of likely N-dealkylation sites (N-methyl/N-ethyl adjacent to an activating group) is 1. The van der Waals surface area contributed by atoms with Crippen molar-refractivity contribution in [3.8, 4) is 0 Å². The second kappa shape index (κ2) is 6.02. The van der Waals surface area contributed by atoms with Crippen LogP contribution in [0.25, 0.3) is 0 Å². The van der Waals surface area contributed by atoms with Gasteiger partial charge in [-0.2, -0.15) is 0 Å². The summed E-state index contributed by atoms with van der Waals surface area (Å²) in [5.41, 5.74) is -0.209. The SMILES string of the molecule is CN1C(NC(=O)C23CC4CC(CC(C4)C2)C3)C1NC(=O)C12CC3CC(CC(C3)C1)C2. The molecule has 8 aliphatic carbocycles. The summed E-state index contributed by atoms with van der Waals surface area (Å²) >= 11 is 0. The van der Waals surface area contributed by atoms with E-state index in [4.69, 9.17) is 0 Å². The van der Waals surface area contributed by atoms with Gasteiger partial charge in [-0.05, 0) is 120 Å². The highest BCUT2D eigenvalue weighted by atomic mass is 16.2. The highest BCUT2D eigenvalue weighted by Crippen LogP contribution is 2.61. The number of rotatable bonds is 4. The maximum atomic E-state index is 13.4. The lowest BCUT2D eigenvalue weighted by atomic mass is 9.49. The van der Waals surface area contributed by atoms with Crippen molar-refractivity contribution in [1.29, 1.82) is 0 Å². The Hall–Kier alpha value is -1.10. The average molecular weight is 412 g/mol. The number of nitrogens with one attached hydrogen (secondary N) is 2. The topological polar surface area (TPSA) is 61.2 Å². The predicted octanol–water partition coefficient (Wildman–Crippen LogP) is 3.25. The Bertz CT molecular complexity index is 657. The fourth-order valence-electron chi connectivity index (χ4n) is 10.1. The summed E-state index contributed by atoms with van der Waals surface area (Å²) in [6.07, 6.45) is 14.8. The Morgan fingerprint density at radius 3 is 1.13 bits per heavy atom. The van der Waals surface area contributed by atoms with E-state index in [0.29, 0.717) is 0 Å². The molecule has 1 aliphatic heterocycles. The van der Waals surface area contributed by atoms with Crippen LogP contribution in [0.5, 0.6) is 0 Å². The van der Waals surface area contributed by atoms with Crippen LogP contribution in [0.4, 0.5) is 0 Å². The van der Waals surface area contributed by atoms with Gasteiger partial charge in [0.25, 0.3) is 0 Å². The fraction of sp³-hybridized carbons (Fsp3) is 0.920. The maximum Gasteiger partial charge on any atom is 0.227 e. The minimum absolute atomic E-state index is 0.0108. The Kier molecular flexibility index (Phi) is 3.71. The first-order chi connectivity index (χ1) is 14.4. The Morgan fingerprint density at radius 1 is 0.600 bits per heavy atom. The van der Waals surface area contributed by atoms with E-state index in [0.717, 1.165) is 74.0 Å².